The maximum atomic E-state index is 12.7. The summed E-state index contributed by atoms with van der Waals surface area (Å²) < 4.78 is 0. The highest BCUT2D eigenvalue weighted by molar-refractivity contribution is 6.01. The highest BCUT2D eigenvalue weighted by Crippen LogP contribution is 2.12. The number of rotatable bonds is 14. The Kier molecular flexibility index (Phi) is 11.8. The Morgan fingerprint density at radius 3 is 2.28 bits per heavy atom. The number of benzene rings is 1. The summed E-state index contributed by atoms with van der Waals surface area (Å²) in [6.45, 7) is 3.51. The van der Waals surface area contributed by atoms with Gasteiger partial charge in [0.05, 0.1) is 12.5 Å². The molecule has 0 saturated carbocycles. The van der Waals surface area contributed by atoms with Gasteiger partial charge in [0.15, 0.2) is 5.96 Å². The van der Waals surface area contributed by atoms with Crippen LogP contribution in [0, 0.1) is 11.3 Å². The molecule has 3 amide bonds. The molecule has 3 atom stereocenters. The quantitative estimate of drug-likeness (QED) is 0.0844. The normalized spacial score (nSPS) is 13.1. The largest absolute Gasteiger partial charge is 0.481 e. The van der Waals surface area contributed by atoms with E-state index in [0.29, 0.717) is 19.4 Å². The highest BCUT2D eigenvalue weighted by atomic mass is 16.4. The van der Waals surface area contributed by atoms with Crippen molar-refractivity contribution in [1.82, 2.24) is 16.0 Å². The Hall–Kier alpha value is -4.20. The van der Waals surface area contributed by atoms with Crippen LogP contribution in [-0.2, 0) is 19.2 Å². The van der Waals surface area contributed by atoms with Crippen molar-refractivity contribution >= 4 is 41.3 Å². The molecule has 1 aromatic carbocycles. The van der Waals surface area contributed by atoms with Crippen molar-refractivity contribution < 1.29 is 34.2 Å². The van der Waals surface area contributed by atoms with Gasteiger partial charge in [-0.05, 0) is 37.0 Å². The number of amides is 3. The molecule has 0 aliphatic carbocycles. The molecule has 11 N–H and O–H groups in total. The van der Waals surface area contributed by atoms with Gasteiger partial charge in [0, 0.05) is 17.8 Å². The zero-order valence-corrected chi connectivity index (χ0v) is 20.0. The molecule has 0 bridgehead atoms. The molecule has 14 nitrogen and oxygen atoms in total. The fraction of sp³-hybridized carbons (Fsp3) is 0.455. The Morgan fingerprint density at radius 1 is 1.06 bits per heavy atom. The molecule has 198 valence electrons. The van der Waals surface area contributed by atoms with Gasteiger partial charge in [-0.3, -0.25) is 24.6 Å². The Balaban J connectivity index is 2.86. The number of carboxylic acids is 2. The zero-order valence-electron chi connectivity index (χ0n) is 20.0. The first-order valence-electron chi connectivity index (χ1n) is 11.1. The molecule has 0 unspecified atom stereocenters. The summed E-state index contributed by atoms with van der Waals surface area (Å²) >= 11 is 0. The smallest absolute Gasteiger partial charge is 0.326 e. The molecule has 0 spiro atoms. The zero-order chi connectivity index (χ0) is 27.4. The summed E-state index contributed by atoms with van der Waals surface area (Å²) in [5.74, 6) is -5.61. The Morgan fingerprint density at radius 2 is 1.72 bits per heavy atom. The maximum absolute atomic E-state index is 12.7. The number of carbonyl (C=O) groups is 5. The molecular weight excluding hydrogens is 474 g/mol. The predicted octanol–water partition coefficient (Wildman–Crippen LogP) is -0.986. The van der Waals surface area contributed by atoms with Gasteiger partial charge in [-0.1, -0.05) is 19.9 Å². The lowest BCUT2D eigenvalue weighted by molar-refractivity contribution is -0.144. The third-order valence-corrected chi connectivity index (χ3v) is 4.97. The predicted molar refractivity (Wildman–Crippen MR) is 130 cm³/mol. The molecule has 0 aliphatic rings. The first kappa shape index (κ1) is 29.8. The van der Waals surface area contributed by atoms with Crippen LogP contribution in [0.4, 0.5) is 5.69 Å². The molecule has 14 heteroatoms. The summed E-state index contributed by atoms with van der Waals surface area (Å²) in [4.78, 5) is 60.2. The highest BCUT2D eigenvalue weighted by Gasteiger charge is 2.30. The van der Waals surface area contributed by atoms with Crippen molar-refractivity contribution in [2.75, 3.05) is 11.9 Å². The van der Waals surface area contributed by atoms with E-state index in [-0.39, 0.29) is 17.2 Å². The average molecular weight is 508 g/mol. The standard InChI is InChI=1S/C22H33N7O7/c1-11(2)17(21(35)36)29-20(34)15(10-16(30)31)28-18(32)12-5-3-6-13(9-12)27-19(33)14(23)7-4-8-26-22(24)25/h3,5-6,9,11,14-15,17H,4,7-8,10,23H2,1-2H3,(H,27,33)(H,28,32)(H,29,34)(H,30,31)(H,35,36)(H4,24,25,26)/t14-,15-,17-/m0/s1. The van der Waals surface area contributed by atoms with E-state index in [0.717, 1.165) is 0 Å². The third kappa shape index (κ3) is 10.4. The lowest BCUT2D eigenvalue weighted by Gasteiger charge is -2.22. The van der Waals surface area contributed by atoms with Crippen LogP contribution in [0.3, 0.4) is 0 Å². The molecule has 0 radical (unpaired) electrons. The van der Waals surface area contributed by atoms with E-state index in [1.165, 1.54) is 24.3 Å². The second kappa shape index (κ2) is 14.3. The van der Waals surface area contributed by atoms with Crippen LogP contribution >= 0.6 is 0 Å². The van der Waals surface area contributed by atoms with E-state index >= 15 is 0 Å². The molecule has 0 fully saturated rings. The molecule has 0 saturated heterocycles. The minimum absolute atomic E-state index is 0.0221. The number of nitrogens with one attached hydrogen (secondary N) is 5. The minimum atomic E-state index is -1.54. The fourth-order valence-corrected chi connectivity index (χ4v) is 3.04. The number of anilines is 1. The lowest BCUT2D eigenvalue weighted by Crippen LogP contribution is -2.53. The van der Waals surface area contributed by atoms with Gasteiger partial charge >= 0.3 is 11.9 Å². The molecule has 0 aliphatic heterocycles. The van der Waals surface area contributed by atoms with Gasteiger partial charge in [-0.25, -0.2) is 4.79 Å². The van der Waals surface area contributed by atoms with Gasteiger partial charge in [-0.2, -0.15) is 0 Å². The topological polar surface area (TPSA) is 250 Å². The monoisotopic (exact) mass is 507 g/mol. The number of aliphatic carboxylic acids is 2. The summed E-state index contributed by atoms with van der Waals surface area (Å²) in [6.07, 6.45) is 0.0287. The first-order valence-corrected chi connectivity index (χ1v) is 11.1. The van der Waals surface area contributed by atoms with Gasteiger partial charge < -0.3 is 42.9 Å². The van der Waals surface area contributed by atoms with Crippen LogP contribution in [0.2, 0.25) is 0 Å². The van der Waals surface area contributed by atoms with Gasteiger partial charge in [0.1, 0.15) is 12.1 Å². The van der Waals surface area contributed by atoms with Gasteiger partial charge in [0.25, 0.3) is 5.91 Å². The van der Waals surface area contributed by atoms with Crippen molar-refractivity contribution in [3.05, 3.63) is 29.8 Å². The number of nitrogens with two attached hydrogens (primary N) is 2. The van der Waals surface area contributed by atoms with Gasteiger partial charge in [-0.15, -0.1) is 0 Å². The first-order chi connectivity index (χ1) is 16.8. The second-order valence-corrected chi connectivity index (χ2v) is 8.35. The second-order valence-electron chi connectivity index (χ2n) is 8.35. The Labute approximate surface area is 207 Å². The van der Waals surface area contributed by atoms with E-state index in [1.807, 2.05) is 0 Å². The van der Waals surface area contributed by atoms with Crippen LogP contribution in [0.1, 0.15) is 43.5 Å². The van der Waals surface area contributed by atoms with E-state index < -0.39 is 60.1 Å². The number of hydrogen-bond donors (Lipinski definition) is 9. The van der Waals surface area contributed by atoms with E-state index in [2.05, 4.69) is 21.3 Å². The molecule has 0 aromatic heterocycles. The summed E-state index contributed by atoms with van der Waals surface area (Å²) in [5, 5.41) is 35.2. The SMILES string of the molecule is CC(C)[C@H](NC(=O)[C@H](CC(=O)O)NC(=O)c1cccc(NC(=O)[C@@H](N)CCCNC(=N)N)c1)C(=O)O. The summed E-state index contributed by atoms with van der Waals surface area (Å²) in [7, 11) is 0. The van der Waals surface area contributed by atoms with E-state index in [9.17, 15) is 29.1 Å². The van der Waals surface area contributed by atoms with Crippen LogP contribution in [0.15, 0.2) is 24.3 Å². The molecule has 0 heterocycles. The number of carboxylic acid groups (broad SMARTS) is 2. The molecular formula is C22H33N7O7. The number of guanidine groups is 1. The summed E-state index contributed by atoms with van der Waals surface area (Å²) in [6, 6.07) is 2.03. The van der Waals surface area contributed by atoms with Crippen molar-refractivity contribution in [1.29, 1.82) is 5.41 Å². The fourth-order valence-electron chi connectivity index (χ4n) is 3.04. The van der Waals surface area contributed by atoms with Crippen molar-refractivity contribution in [3.8, 4) is 0 Å². The summed E-state index contributed by atoms with van der Waals surface area (Å²) in [5.41, 5.74) is 11.3. The van der Waals surface area contributed by atoms with Crippen molar-refractivity contribution in [3.63, 3.8) is 0 Å². The van der Waals surface area contributed by atoms with Crippen molar-refractivity contribution in [2.45, 2.75) is 51.2 Å². The minimum Gasteiger partial charge on any atom is -0.481 e. The third-order valence-electron chi connectivity index (χ3n) is 4.97. The van der Waals surface area contributed by atoms with Crippen LogP contribution in [-0.4, -0.2) is 70.5 Å². The van der Waals surface area contributed by atoms with Gasteiger partial charge in [0.2, 0.25) is 11.8 Å². The lowest BCUT2D eigenvalue weighted by atomic mass is 10.0. The maximum Gasteiger partial charge on any atom is 0.326 e. The Bertz CT molecular complexity index is 983. The average Bonchev–Trinajstić information content (AvgIpc) is 2.78. The molecule has 1 aromatic rings. The van der Waals surface area contributed by atoms with E-state index in [1.54, 1.807) is 13.8 Å². The van der Waals surface area contributed by atoms with Crippen LogP contribution in [0.25, 0.3) is 0 Å². The molecule has 36 heavy (non-hydrogen) atoms. The van der Waals surface area contributed by atoms with Crippen LogP contribution in [0.5, 0.6) is 0 Å². The van der Waals surface area contributed by atoms with Crippen molar-refractivity contribution in [2.24, 2.45) is 17.4 Å². The number of hydrogen-bond acceptors (Lipinski definition) is 7. The number of carbonyl (C=O) groups excluding carboxylic acids is 3. The molecule has 1 rings (SSSR count). The van der Waals surface area contributed by atoms with Crippen LogP contribution < -0.4 is 32.7 Å². The van der Waals surface area contributed by atoms with E-state index in [4.69, 9.17) is 22.0 Å².